The van der Waals surface area contributed by atoms with Crippen molar-refractivity contribution in [2.75, 3.05) is 29.9 Å². The summed E-state index contributed by atoms with van der Waals surface area (Å²) < 4.78 is 0. The molecule has 2 heterocycles. The smallest absolute Gasteiger partial charge is 0.131 e. The van der Waals surface area contributed by atoms with Gasteiger partial charge in [0.15, 0.2) is 0 Å². The first-order valence-corrected chi connectivity index (χ1v) is 9.49. The van der Waals surface area contributed by atoms with Crippen molar-refractivity contribution in [2.24, 2.45) is 5.73 Å². The molecule has 0 fully saturated rings. The Hall–Kier alpha value is -2.30. The molecule has 0 saturated heterocycles. The molecule has 1 aliphatic heterocycles. The molecular weight excluding hydrogens is 344 g/mol. The number of nitrogens with one attached hydrogen (secondary N) is 1. The van der Waals surface area contributed by atoms with Crippen molar-refractivity contribution in [1.29, 1.82) is 0 Å². The first-order valence-electron chi connectivity index (χ1n) is 9.11. The highest BCUT2D eigenvalue weighted by molar-refractivity contribution is 6.31. The topological polar surface area (TPSA) is 54.2 Å². The molecule has 2 aromatic carbocycles. The monoisotopic (exact) mass is 366 g/mol. The predicted molar refractivity (Wildman–Crippen MR) is 110 cm³/mol. The number of nitrogens with two attached hydrogens (primary N) is 1. The van der Waals surface area contributed by atoms with E-state index in [2.05, 4.69) is 34.5 Å². The van der Waals surface area contributed by atoms with Crippen LogP contribution in [0.3, 0.4) is 0 Å². The van der Waals surface area contributed by atoms with Crippen LogP contribution in [0.1, 0.15) is 17.5 Å². The zero-order chi connectivity index (χ0) is 17.9. The van der Waals surface area contributed by atoms with Crippen LogP contribution in [0.25, 0.3) is 10.9 Å². The highest BCUT2D eigenvalue weighted by atomic mass is 35.5. The zero-order valence-corrected chi connectivity index (χ0v) is 15.5. The third-order valence-electron chi connectivity index (χ3n) is 4.92. The van der Waals surface area contributed by atoms with Crippen molar-refractivity contribution in [3.8, 4) is 0 Å². The van der Waals surface area contributed by atoms with E-state index in [0.29, 0.717) is 6.54 Å². The molecule has 26 heavy (non-hydrogen) atoms. The van der Waals surface area contributed by atoms with E-state index in [0.717, 1.165) is 59.9 Å². The average Bonchev–Trinajstić information content (AvgIpc) is 2.89. The molecule has 1 aromatic heterocycles. The number of anilines is 2. The van der Waals surface area contributed by atoms with Gasteiger partial charge < -0.3 is 16.0 Å². The zero-order valence-electron chi connectivity index (χ0n) is 14.7. The van der Waals surface area contributed by atoms with Crippen molar-refractivity contribution >= 4 is 34.0 Å². The average molecular weight is 367 g/mol. The van der Waals surface area contributed by atoms with Crippen LogP contribution in [0.15, 0.2) is 48.5 Å². The summed E-state index contributed by atoms with van der Waals surface area (Å²) in [4.78, 5) is 7.28. The number of fused-ring (bicyclic) bond motifs is 2. The number of para-hydroxylation sites is 1. The van der Waals surface area contributed by atoms with Crippen LogP contribution in [0.5, 0.6) is 0 Å². The van der Waals surface area contributed by atoms with Gasteiger partial charge in [-0.15, -0.1) is 0 Å². The fraction of sp³-hybridized carbons (Fsp3) is 0.286. The van der Waals surface area contributed by atoms with Gasteiger partial charge >= 0.3 is 0 Å². The van der Waals surface area contributed by atoms with E-state index in [1.165, 1.54) is 11.1 Å². The lowest BCUT2D eigenvalue weighted by atomic mass is 10.0. The predicted octanol–water partition coefficient (Wildman–Crippen LogP) is 4.21. The molecule has 0 spiro atoms. The van der Waals surface area contributed by atoms with E-state index in [4.69, 9.17) is 22.3 Å². The van der Waals surface area contributed by atoms with Crippen molar-refractivity contribution in [1.82, 2.24) is 4.98 Å². The van der Waals surface area contributed by atoms with Gasteiger partial charge in [-0.05, 0) is 36.1 Å². The van der Waals surface area contributed by atoms with Gasteiger partial charge in [-0.1, -0.05) is 41.9 Å². The van der Waals surface area contributed by atoms with Gasteiger partial charge in [0, 0.05) is 48.3 Å². The van der Waals surface area contributed by atoms with Crippen LogP contribution >= 0.6 is 11.6 Å². The first-order chi connectivity index (χ1) is 12.8. The van der Waals surface area contributed by atoms with Gasteiger partial charge in [-0.25, -0.2) is 4.98 Å². The van der Waals surface area contributed by atoms with Crippen LogP contribution in [-0.2, 0) is 13.0 Å². The maximum atomic E-state index is 6.41. The van der Waals surface area contributed by atoms with Gasteiger partial charge in [0.05, 0.1) is 5.52 Å². The Kier molecular flexibility index (Phi) is 4.96. The fourth-order valence-corrected chi connectivity index (χ4v) is 3.92. The van der Waals surface area contributed by atoms with Crippen molar-refractivity contribution < 1.29 is 0 Å². The summed E-state index contributed by atoms with van der Waals surface area (Å²) in [5.74, 6) is 0.996. The molecule has 4 rings (SSSR count). The summed E-state index contributed by atoms with van der Waals surface area (Å²) in [6, 6.07) is 16.6. The van der Waals surface area contributed by atoms with E-state index < -0.39 is 0 Å². The Bertz CT molecular complexity index is 925. The van der Waals surface area contributed by atoms with Crippen molar-refractivity contribution in [2.45, 2.75) is 19.4 Å². The largest absolute Gasteiger partial charge is 0.383 e. The Morgan fingerprint density at radius 1 is 1.15 bits per heavy atom. The van der Waals surface area contributed by atoms with Crippen LogP contribution in [-0.4, -0.2) is 24.6 Å². The third-order valence-corrected chi connectivity index (χ3v) is 5.27. The number of aromatic nitrogens is 1. The number of benzene rings is 2. The van der Waals surface area contributed by atoms with Gasteiger partial charge in [0.2, 0.25) is 0 Å². The molecule has 4 nitrogen and oxygen atoms in total. The molecule has 0 radical (unpaired) electrons. The molecule has 3 N–H and O–H groups in total. The van der Waals surface area contributed by atoms with Gasteiger partial charge in [-0.2, -0.15) is 0 Å². The van der Waals surface area contributed by atoms with E-state index in [1.54, 1.807) is 0 Å². The molecule has 1 aliphatic rings. The minimum Gasteiger partial charge on any atom is -0.383 e. The molecule has 134 valence electrons. The minimum absolute atomic E-state index is 0.599. The highest BCUT2D eigenvalue weighted by Crippen LogP contribution is 2.31. The first kappa shape index (κ1) is 17.1. The second-order valence-corrected chi connectivity index (χ2v) is 7.07. The summed E-state index contributed by atoms with van der Waals surface area (Å²) in [6.07, 6.45) is 2.08. The minimum atomic E-state index is 0.599. The summed E-state index contributed by atoms with van der Waals surface area (Å²) >= 11 is 6.41. The Balaban J connectivity index is 1.74. The molecule has 3 aromatic rings. The second kappa shape index (κ2) is 7.52. The lowest BCUT2D eigenvalue weighted by Crippen LogP contribution is -2.24. The van der Waals surface area contributed by atoms with Gasteiger partial charge in [0.25, 0.3) is 0 Å². The molecule has 0 aliphatic carbocycles. The molecule has 0 saturated carbocycles. The van der Waals surface area contributed by atoms with Crippen molar-refractivity contribution in [3.63, 3.8) is 0 Å². The Morgan fingerprint density at radius 2 is 2.04 bits per heavy atom. The molecule has 0 unspecified atom stereocenters. The lowest BCUT2D eigenvalue weighted by Gasteiger charge is -2.24. The maximum absolute atomic E-state index is 6.41. The van der Waals surface area contributed by atoms with E-state index in [-0.39, 0.29) is 0 Å². The number of pyridine rings is 1. The highest BCUT2D eigenvalue weighted by Gasteiger charge is 2.18. The molecular formula is C21H23ClN4. The molecule has 0 amide bonds. The van der Waals surface area contributed by atoms with Crippen LogP contribution < -0.4 is 16.0 Å². The fourth-order valence-electron chi connectivity index (χ4n) is 3.63. The summed E-state index contributed by atoms with van der Waals surface area (Å²) in [5.41, 5.74) is 10.3. The van der Waals surface area contributed by atoms with Gasteiger partial charge in [0.1, 0.15) is 5.82 Å². The number of hydrogen-bond donors (Lipinski definition) is 2. The van der Waals surface area contributed by atoms with E-state index in [1.807, 2.05) is 24.3 Å². The summed E-state index contributed by atoms with van der Waals surface area (Å²) in [5, 5.41) is 5.45. The standard InChI is InChI=1S/C21H23ClN4/c22-18-8-3-5-15-14-26(12-4-7-16(15)18)21-13-20(24-11-10-23)17-6-1-2-9-19(17)25-21/h1-3,5-6,8-9,13H,4,7,10-12,14,23H2,(H,24,25). The van der Waals surface area contributed by atoms with Gasteiger partial charge in [-0.3, -0.25) is 0 Å². The summed E-state index contributed by atoms with van der Waals surface area (Å²) in [6.45, 7) is 3.14. The third kappa shape index (κ3) is 3.35. The molecule has 0 atom stereocenters. The van der Waals surface area contributed by atoms with Crippen LogP contribution in [0.2, 0.25) is 5.02 Å². The number of rotatable bonds is 4. The SMILES string of the molecule is NCCNc1cc(N2CCCc3c(Cl)cccc3C2)nc2ccccc12. The van der Waals surface area contributed by atoms with E-state index in [9.17, 15) is 0 Å². The summed E-state index contributed by atoms with van der Waals surface area (Å²) in [7, 11) is 0. The lowest BCUT2D eigenvalue weighted by molar-refractivity contribution is 0.756. The quantitative estimate of drug-likeness (QED) is 0.726. The molecule has 0 bridgehead atoms. The normalized spacial score (nSPS) is 14.2. The number of hydrogen-bond acceptors (Lipinski definition) is 4. The maximum Gasteiger partial charge on any atom is 0.131 e. The number of nitrogens with zero attached hydrogens (tertiary/aromatic N) is 2. The Morgan fingerprint density at radius 3 is 2.92 bits per heavy atom. The second-order valence-electron chi connectivity index (χ2n) is 6.66. The number of halogens is 1. The van der Waals surface area contributed by atoms with Crippen molar-refractivity contribution in [3.05, 3.63) is 64.7 Å². The van der Waals surface area contributed by atoms with E-state index >= 15 is 0 Å². The van der Waals surface area contributed by atoms with Crippen LogP contribution in [0.4, 0.5) is 11.5 Å². The Labute approximate surface area is 159 Å². The molecule has 5 heteroatoms. The van der Waals surface area contributed by atoms with Crippen LogP contribution in [0, 0.1) is 0 Å².